The minimum atomic E-state index is -0.842. The minimum Gasteiger partial charge on any atom is -0.324 e. The first-order chi connectivity index (χ1) is 8.46. The maximum atomic E-state index is 13.5. The van der Waals surface area contributed by atoms with Crippen LogP contribution >= 0.6 is 0 Å². The normalized spacial score (nSPS) is 16.6. The van der Waals surface area contributed by atoms with Crippen molar-refractivity contribution in [2.24, 2.45) is 5.73 Å². The minimum absolute atomic E-state index is 0.174. The van der Waals surface area contributed by atoms with Gasteiger partial charge in [0.15, 0.2) is 0 Å². The Kier molecular flexibility index (Phi) is 3.05. The van der Waals surface area contributed by atoms with Crippen molar-refractivity contribution in [1.82, 2.24) is 0 Å². The molecule has 0 saturated heterocycles. The summed E-state index contributed by atoms with van der Waals surface area (Å²) in [6, 6.07) is 4.45. The zero-order valence-electron chi connectivity index (χ0n) is 10.1. The van der Waals surface area contributed by atoms with Gasteiger partial charge in [-0.2, -0.15) is 5.26 Å². The van der Waals surface area contributed by atoms with Crippen LogP contribution in [-0.2, 0) is 4.79 Å². The Bertz CT molecular complexity index is 544. The molecule has 1 aromatic carbocycles. The van der Waals surface area contributed by atoms with E-state index in [4.69, 9.17) is 11.0 Å². The summed E-state index contributed by atoms with van der Waals surface area (Å²) in [4.78, 5) is 11.9. The van der Waals surface area contributed by atoms with Gasteiger partial charge < -0.3 is 11.1 Å². The predicted molar refractivity (Wildman–Crippen MR) is 65.3 cm³/mol. The third kappa shape index (κ3) is 2.07. The molecule has 1 aliphatic rings. The van der Waals surface area contributed by atoms with Crippen molar-refractivity contribution in [2.45, 2.75) is 31.7 Å². The van der Waals surface area contributed by atoms with Crippen LogP contribution in [-0.4, -0.2) is 11.4 Å². The molecule has 18 heavy (non-hydrogen) atoms. The second-order valence-electron chi connectivity index (χ2n) is 4.71. The lowest BCUT2D eigenvalue weighted by Crippen LogP contribution is -2.56. The molecule has 1 fully saturated rings. The molecule has 0 atom stereocenters. The first-order valence-corrected chi connectivity index (χ1v) is 5.77. The smallest absolute Gasteiger partial charge is 0.244 e. The number of halogens is 1. The Balaban J connectivity index is 2.26. The van der Waals surface area contributed by atoms with Crippen molar-refractivity contribution in [1.29, 1.82) is 5.26 Å². The molecule has 0 heterocycles. The van der Waals surface area contributed by atoms with E-state index in [0.29, 0.717) is 24.1 Å². The number of nitrogens with one attached hydrogen (secondary N) is 1. The Morgan fingerprint density at radius 2 is 2.22 bits per heavy atom. The zero-order valence-corrected chi connectivity index (χ0v) is 10.1. The molecule has 1 amide bonds. The van der Waals surface area contributed by atoms with Gasteiger partial charge in [0, 0.05) is 11.3 Å². The van der Waals surface area contributed by atoms with Gasteiger partial charge in [-0.1, -0.05) is 0 Å². The number of carbonyl (C=O) groups excluding carboxylic acids is 1. The molecular formula is C13H14FN3O. The highest BCUT2D eigenvalue weighted by molar-refractivity contribution is 5.99. The summed E-state index contributed by atoms with van der Waals surface area (Å²) in [5.41, 5.74) is 5.84. The highest BCUT2D eigenvalue weighted by Crippen LogP contribution is 2.31. The quantitative estimate of drug-likeness (QED) is 0.836. The summed E-state index contributed by atoms with van der Waals surface area (Å²) in [5, 5.41) is 11.4. The average molecular weight is 247 g/mol. The number of nitrogens with two attached hydrogens (primary N) is 1. The van der Waals surface area contributed by atoms with Gasteiger partial charge >= 0.3 is 0 Å². The number of benzene rings is 1. The fourth-order valence-corrected chi connectivity index (χ4v) is 1.90. The SMILES string of the molecule is Cc1c(F)cc(C#N)cc1NC(=O)C1(N)CCC1. The van der Waals surface area contributed by atoms with E-state index in [0.717, 1.165) is 12.5 Å². The van der Waals surface area contributed by atoms with Crippen LogP contribution in [0.4, 0.5) is 10.1 Å². The highest BCUT2D eigenvalue weighted by atomic mass is 19.1. The number of anilines is 1. The van der Waals surface area contributed by atoms with Crippen molar-refractivity contribution in [3.05, 3.63) is 29.1 Å². The fourth-order valence-electron chi connectivity index (χ4n) is 1.90. The van der Waals surface area contributed by atoms with Crippen LogP contribution in [0, 0.1) is 24.1 Å². The van der Waals surface area contributed by atoms with E-state index >= 15 is 0 Å². The second kappa shape index (κ2) is 4.39. The summed E-state index contributed by atoms with van der Waals surface area (Å²) in [5.74, 6) is -0.824. The molecule has 0 aliphatic heterocycles. The van der Waals surface area contributed by atoms with Gasteiger partial charge in [0.25, 0.3) is 0 Å². The van der Waals surface area contributed by atoms with E-state index in [9.17, 15) is 9.18 Å². The number of carbonyl (C=O) groups is 1. The first-order valence-electron chi connectivity index (χ1n) is 5.77. The highest BCUT2D eigenvalue weighted by Gasteiger charge is 2.40. The van der Waals surface area contributed by atoms with Crippen LogP contribution < -0.4 is 11.1 Å². The third-order valence-corrected chi connectivity index (χ3v) is 3.42. The van der Waals surface area contributed by atoms with Crippen LogP contribution in [0.1, 0.15) is 30.4 Å². The summed E-state index contributed by atoms with van der Waals surface area (Å²) in [6.07, 6.45) is 2.20. The van der Waals surface area contributed by atoms with Crippen molar-refractivity contribution < 1.29 is 9.18 Å². The molecule has 0 unspecified atom stereocenters. The van der Waals surface area contributed by atoms with Gasteiger partial charge in [-0.25, -0.2) is 4.39 Å². The molecule has 94 valence electrons. The van der Waals surface area contributed by atoms with Gasteiger partial charge in [0.2, 0.25) is 5.91 Å². The molecule has 0 radical (unpaired) electrons. The zero-order chi connectivity index (χ0) is 13.3. The lowest BCUT2D eigenvalue weighted by atomic mass is 9.77. The van der Waals surface area contributed by atoms with Gasteiger partial charge in [-0.15, -0.1) is 0 Å². The Hall–Kier alpha value is -1.93. The molecule has 0 bridgehead atoms. The lowest BCUT2D eigenvalue weighted by Gasteiger charge is -2.36. The predicted octanol–water partition coefficient (Wildman–Crippen LogP) is 1.83. The van der Waals surface area contributed by atoms with E-state index < -0.39 is 11.4 Å². The molecule has 1 aliphatic carbocycles. The number of hydrogen-bond acceptors (Lipinski definition) is 3. The van der Waals surface area contributed by atoms with E-state index in [2.05, 4.69) is 5.32 Å². The standard InChI is InChI=1S/C13H14FN3O/c1-8-10(14)5-9(7-15)6-11(8)17-12(18)13(16)3-2-4-13/h5-6H,2-4,16H2,1H3,(H,17,18). The van der Waals surface area contributed by atoms with E-state index in [-0.39, 0.29) is 11.5 Å². The van der Waals surface area contributed by atoms with Crippen LogP contribution in [0.5, 0.6) is 0 Å². The molecule has 3 N–H and O–H groups in total. The van der Waals surface area contributed by atoms with Crippen molar-refractivity contribution in [2.75, 3.05) is 5.32 Å². The van der Waals surface area contributed by atoms with Gasteiger partial charge in [0.1, 0.15) is 5.82 Å². The summed E-state index contributed by atoms with van der Waals surface area (Å²) >= 11 is 0. The van der Waals surface area contributed by atoms with Gasteiger partial charge in [-0.05, 0) is 38.3 Å². The van der Waals surface area contributed by atoms with E-state index in [1.165, 1.54) is 6.07 Å². The number of amides is 1. The van der Waals surface area contributed by atoms with E-state index in [1.54, 1.807) is 6.92 Å². The molecule has 0 spiro atoms. The second-order valence-corrected chi connectivity index (χ2v) is 4.71. The Morgan fingerprint density at radius 3 is 2.72 bits per heavy atom. The average Bonchev–Trinajstić information content (AvgIpc) is 2.31. The molecule has 0 aromatic heterocycles. The maximum absolute atomic E-state index is 13.5. The Morgan fingerprint density at radius 1 is 1.56 bits per heavy atom. The lowest BCUT2D eigenvalue weighted by molar-refractivity contribution is -0.123. The fraction of sp³-hybridized carbons (Fsp3) is 0.385. The van der Waals surface area contributed by atoms with Crippen LogP contribution in [0.25, 0.3) is 0 Å². The number of hydrogen-bond donors (Lipinski definition) is 2. The molecular weight excluding hydrogens is 233 g/mol. The number of nitriles is 1. The molecule has 2 rings (SSSR count). The van der Waals surface area contributed by atoms with Crippen LogP contribution in [0.2, 0.25) is 0 Å². The van der Waals surface area contributed by atoms with Crippen LogP contribution in [0.15, 0.2) is 12.1 Å². The Labute approximate surface area is 105 Å². The first kappa shape index (κ1) is 12.5. The molecule has 5 heteroatoms. The maximum Gasteiger partial charge on any atom is 0.244 e. The van der Waals surface area contributed by atoms with Crippen molar-refractivity contribution in [3.63, 3.8) is 0 Å². The monoisotopic (exact) mass is 247 g/mol. The van der Waals surface area contributed by atoms with Crippen LogP contribution in [0.3, 0.4) is 0 Å². The van der Waals surface area contributed by atoms with Gasteiger partial charge in [0.05, 0.1) is 17.2 Å². The largest absolute Gasteiger partial charge is 0.324 e. The molecule has 1 aromatic rings. The van der Waals surface area contributed by atoms with Crippen molar-refractivity contribution >= 4 is 11.6 Å². The molecule has 1 saturated carbocycles. The third-order valence-electron chi connectivity index (χ3n) is 3.42. The summed E-state index contributed by atoms with van der Waals surface area (Å²) in [6.45, 7) is 1.55. The molecule has 4 nitrogen and oxygen atoms in total. The number of nitrogens with zero attached hydrogens (tertiary/aromatic N) is 1. The summed E-state index contributed by atoms with van der Waals surface area (Å²) in [7, 11) is 0. The number of rotatable bonds is 2. The topological polar surface area (TPSA) is 78.9 Å². The van der Waals surface area contributed by atoms with Crippen molar-refractivity contribution in [3.8, 4) is 6.07 Å². The summed E-state index contributed by atoms with van der Waals surface area (Å²) < 4.78 is 13.5. The van der Waals surface area contributed by atoms with Gasteiger partial charge in [-0.3, -0.25) is 4.79 Å². The van der Waals surface area contributed by atoms with E-state index in [1.807, 2.05) is 6.07 Å².